The van der Waals surface area contributed by atoms with E-state index in [9.17, 15) is 0 Å². The van der Waals surface area contributed by atoms with Crippen LogP contribution in [0.25, 0.3) is 27.5 Å². The van der Waals surface area contributed by atoms with E-state index in [-0.39, 0.29) is 23.0 Å². The maximum Gasteiger partial charge on any atom is 0.256 e. The van der Waals surface area contributed by atoms with Gasteiger partial charge in [-0.05, 0) is 121 Å². The van der Waals surface area contributed by atoms with Crippen molar-refractivity contribution in [3.8, 4) is 17.2 Å². The highest BCUT2D eigenvalue weighted by molar-refractivity contribution is 7.21. The number of fused-ring (bicyclic) bond motifs is 7. The summed E-state index contributed by atoms with van der Waals surface area (Å²) in [7, 11) is -6.54. The summed E-state index contributed by atoms with van der Waals surface area (Å²) in [5, 5.41) is 13.0. The predicted molar refractivity (Wildman–Crippen MR) is 390 cm³/mol. The molecule has 0 N–H and O–H groups in total. The fourth-order valence-corrected chi connectivity index (χ4v) is 25.1. The van der Waals surface area contributed by atoms with E-state index in [1.165, 1.54) is 102 Å². The molecule has 0 spiro atoms. The molecule has 1 aromatic heterocycles. The summed E-state index contributed by atoms with van der Waals surface area (Å²) < 4.78 is 10.4. The van der Waals surface area contributed by atoms with Crippen LogP contribution in [0.15, 0.2) is 291 Å². The van der Waals surface area contributed by atoms with Crippen molar-refractivity contribution >= 4 is 120 Å². The summed E-state index contributed by atoms with van der Waals surface area (Å²) in [6.07, 6.45) is 0. The Morgan fingerprint density at radius 2 is 0.689 bits per heavy atom. The minimum absolute atomic E-state index is 0.0338. The van der Waals surface area contributed by atoms with E-state index in [1.54, 1.807) is 0 Å². The first-order valence-corrected chi connectivity index (χ1v) is 36.0. The highest BCUT2D eigenvalue weighted by Gasteiger charge is 2.48. The fourth-order valence-electron chi connectivity index (χ4n) is 15.2. The van der Waals surface area contributed by atoms with E-state index in [0.29, 0.717) is 0 Å². The zero-order chi connectivity index (χ0) is 61.7. The lowest BCUT2D eigenvalue weighted by Crippen LogP contribution is -2.75. The zero-order valence-electron chi connectivity index (χ0n) is 53.1. The Morgan fingerprint density at radius 3 is 1.09 bits per heavy atom. The van der Waals surface area contributed by atoms with Gasteiger partial charge in [0.05, 0.1) is 16.7 Å². The molecule has 6 heteroatoms. The first kappa shape index (κ1) is 57.0. The molecule has 0 aliphatic carbocycles. The molecule has 2 aliphatic rings. The summed E-state index contributed by atoms with van der Waals surface area (Å²) in [6.45, 7) is 20.8. The van der Waals surface area contributed by atoms with Gasteiger partial charge in [-0.3, -0.25) is 0 Å². The third kappa shape index (κ3) is 9.04. The topological polar surface area (TPSA) is 17.4 Å². The van der Waals surface area contributed by atoms with E-state index in [2.05, 4.69) is 363 Å². The highest BCUT2D eigenvalue weighted by Crippen LogP contribution is 2.45. The van der Waals surface area contributed by atoms with Gasteiger partial charge in [0.2, 0.25) is 0 Å². The average molecular weight is 1200 g/mol. The fraction of sp³-hybridized carbons (Fsp3) is 0.143. The maximum atomic E-state index is 7.70. The second-order valence-corrected chi connectivity index (χ2v) is 35.5. The van der Waals surface area contributed by atoms with Crippen LogP contribution in [0.4, 0.5) is 17.1 Å². The van der Waals surface area contributed by atoms with Gasteiger partial charge >= 0.3 is 0 Å². The third-order valence-corrected chi connectivity index (χ3v) is 29.2. The van der Waals surface area contributed by atoms with Crippen molar-refractivity contribution in [2.45, 2.75) is 78.6 Å². The molecule has 13 aromatic rings. The van der Waals surface area contributed by atoms with Gasteiger partial charge in [0.15, 0.2) is 16.1 Å². The molecule has 2 aliphatic heterocycles. The van der Waals surface area contributed by atoms with Crippen molar-refractivity contribution in [3.05, 3.63) is 308 Å². The Kier molecular flexibility index (Phi) is 13.7. The van der Waals surface area contributed by atoms with Gasteiger partial charge in [-0.1, -0.05) is 317 Å². The van der Waals surface area contributed by atoms with Crippen LogP contribution in [0.5, 0.6) is 11.5 Å². The Balaban J connectivity index is 1.16. The quantitative estimate of drug-likeness (QED) is 0.100. The van der Waals surface area contributed by atoms with Crippen molar-refractivity contribution in [1.29, 1.82) is 0 Å². The van der Waals surface area contributed by atoms with E-state index in [4.69, 9.17) is 4.74 Å². The molecule has 0 radical (unpaired) electrons. The Bertz CT molecular complexity index is 4460. The summed E-state index contributed by atoms with van der Waals surface area (Å²) in [6, 6.07) is 112. The predicted octanol–water partition coefficient (Wildman–Crippen LogP) is 13.8. The maximum absolute atomic E-state index is 7.70. The van der Waals surface area contributed by atoms with Gasteiger partial charge in [-0.15, -0.1) is 0 Å². The van der Waals surface area contributed by atoms with Crippen LogP contribution in [0.2, 0.25) is 0 Å². The number of rotatable bonds is 10. The SMILES string of the molecule is CC(C)(C)c1ccc(N2c3ccc(C(C)(C)C)cc3B3c4cc(C(C)(C)C)ccc4Oc4cc(-n5c6c([Si](c7ccccc7)(c7ccccc7)c7ccccc7)cccc6c6cccc([Si](c7ccccc7)(c7ccccc7)c7ccccc7)c65)cc2c43)cc1. The summed E-state index contributed by atoms with van der Waals surface area (Å²) in [4.78, 5) is 2.57. The van der Waals surface area contributed by atoms with E-state index >= 15 is 0 Å². The lowest BCUT2D eigenvalue weighted by Gasteiger charge is -2.41. The van der Waals surface area contributed by atoms with Gasteiger partial charge in [-0.2, -0.15) is 0 Å². The van der Waals surface area contributed by atoms with Gasteiger partial charge in [0.1, 0.15) is 11.5 Å². The van der Waals surface area contributed by atoms with E-state index < -0.39 is 16.1 Å². The standard InChI is InChI=1S/C84H75BN2OSi2/c1-82(2,3)58-46-50-61(51-47-58)86-73-52-48-59(83(4,5)6)54-71(73)85-72-55-60(84(7,8)9)49-53-75(72)88-76-57-62(56-74(86)79(76)85)87-80-69(42-28-44-77(80)89(63-30-16-10-17-31-63,64-32-18-11-19-33-64)65-34-20-12-21-35-65)70-43-29-45-78(81(70)87)90(66-36-22-13-23-37-66,67-38-24-14-25-39-67)68-40-26-15-27-41-68/h10-57H,1-9H3. The van der Waals surface area contributed by atoms with Crippen molar-refractivity contribution < 1.29 is 4.74 Å². The molecule has 0 unspecified atom stereocenters. The first-order valence-electron chi connectivity index (χ1n) is 32.0. The summed E-state index contributed by atoms with van der Waals surface area (Å²) in [5.41, 5.74) is 14.2. The van der Waals surface area contributed by atoms with Crippen LogP contribution in [-0.2, 0) is 16.2 Å². The molecular formula is C84H75BN2OSi2. The number of hydrogen-bond acceptors (Lipinski definition) is 2. The number of hydrogen-bond donors (Lipinski definition) is 0. The van der Waals surface area contributed by atoms with Gasteiger partial charge in [0.25, 0.3) is 6.71 Å². The molecule has 0 bridgehead atoms. The monoisotopic (exact) mass is 1190 g/mol. The van der Waals surface area contributed by atoms with Gasteiger partial charge < -0.3 is 14.2 Å². The molecule has 0 amide bonds. The van der Waals surface area contributed by atoms with Crippen LogP contribution < -0.4 is 67.5 Å². The summed E-state index contributed by atoms with van der Waals surface area (Å²) >= 11 is 0. The third-order valence-electron chi connectivity index (χ3n) is 19.6. The van der Waals surface area contributed by atoms with Gasteiger partial charge in [-0.25, -0.2) is 0 Å². The van der Waals surface area contributed by atoms with Crippen LogP contribution in [0.1, 0.15) is 79.0 Å². The minimum atomic E-state index is -3.27. The molecule has 438 valence electrons. The molecule has 0 saturated heterocycles. The van der Waals surface area contributed by atoms with Crippen molar-refractivity contribution in [1.82, 2.24) is 4.57 Å². The summed E-state index contributed by atoms with van der Waals surface area (Å²) in [5.74, 6) is 1.77. The molecule has 12 aromatic carbocycles. The Morgan fingerprint density at radius 1 is 0.311 bits per heavy atom. The van der Waals surface area contributed by atoms with Crippen molar-refractivity contribution in [2.24, 2.45) is 0 Å². The molecule has 0 atom stereocenters. The number of nitrogens with zero attached hydrogens (tertiary/aromatic N) is 2. The second kappa shape index (κ2) is 21.6. The number of ether oxygens (including phenoxy) is 1. The van der Waals surface area contributed by atoms with Crippen LogP contribution in [0, 0.1) is 0 Å². The zero-order valence-corrected chi connectivity index (χ0v) is 55.1. The van der Waals surface area contributed by atoms with E-state index in [0.717, 1.165) is 28.6 Å². The largest absolute Gasteiger partial charge is 0.458 e. The smallest absolute Gasteiger partial charge is 0.256 e. The molecule has 90 heavy (non-hydrogen) atoms. The molecule has 15 rings (SSSR count). The lowest BCUT2D eigenvalue weighted by atomic mass is 9.33. The Labute approximate surface area is 534 Å². The number of benzene rings is 12. The molecule has 3 heterocycles. The number of para-hydroxylation sites is 2. The van der Waals surface area contributed by atoms with Crippen LogP contribution in [0.3, 0.4) is 0 Å². The number of anilines is 3. The van der Waals surface area contributed by atoms with Gasteiger partial charge in [0, 0.05) is 33.9 Å². The normalized spacial score (nSPS) is 13.2. The Hall–Kier alpha value is -9.46. The van der Waals surface area contributed by atoms with Crippen molar-refractivity contribution in [3.63, 3.8) is 0 Å². The van der Waals surface area contributed by atoms with Crippen LogP contribution in [-0.4, -0.2) is 27.4 Å². The second-order valence-electron chi connectivity index (χ2n) is 28.0. The molecule has 0 saturated carbocycles. The first-order chi connectivity index (χ1) is 43.6. The highest BCUT2D eigenvalue weighted by atomic mass is 28.3. The molecule has 3 nitrogen and oxygen atoms in total. The van der Waals surface area contributed by atoms with Crippen molar-refractivity contribution in [2.75, 3.05) is 4.90 Å². The molecular weight excluding hydrogens is 1120 g/mol. The van der Waals surface area contributed by atoms with Crippen LogP contribution >= 0.6 is 0 Å². The number of aromatic nitrogens is 1. The average Bonchev–Trinajstić information content (AvgIpc) is 1.34. The lowest BCUT2D eigenvalue weighted by molar-refractivity contribution is 0.486. The van der Waals surface area contributed by atoms with E-state index in [1.807, 2.05) is 0 Å². The molecule has 0 fully saturated rings. The minimum Gasteiger partial charge on any atom is -0.458 e.